The van der Waals surface area contributed by atoms with Crippen LogP contribution >= 0.6 is 11.6 Å². The van der Waals surface area contributed by atoms with Crippen molar-refractivity contribution in [3.63, 3.8) is 0 Å². The highest BCUT2D eigenvalue weighted by Gasteiger charge is 2.22. The molecule has 0 radical (unpaired) electrons. The molecule has 1 aromatic carbocycles. The number of piperidine rings is 1. The second-order valence-corrected chi connectivity index (χ2v) is 5.43. The maximum Gasteiger partial charge on any atom is 0.198 e. The lowest BCUT2D eigenvalue weighted by atomic mass is 9.98. The van der Waals surface area contributed by atoms with E-state index in [0.717, 1.165) is 59.1 Å². The van der Waals surface area contributed by atoms with E-state index in [0.29, 0.717) is 5.92 Å². The van der Waals surface area contributed by atoms with Gasteiger partial charge in [-0.2, -0.15) is 0 Å². The van der Waals surface area contributed by atoms with Gasteiger partial charge >= 0.3 is 0 Å². The van der Waals surface area contributed by atoms with E-state index in [1.807, 2.05) is 19.9 Å². The number of fused-ring (bicyclic) bond motifs is 1. The molecule has 3 nitrogen and oxygen atoms in total. The topological polar surface area (TPSA) is 38.1 Å². The first-order valence-electron chi connectivity index (χ1n) is 6.43. The predicted octanol–water partition coefficient (Wildman–Crippen LogP) is 3.57. The fourth-order valence-electron chi connectivity index (χ4n) is 2.62. The van der Waals surface area contributed by atoms with E-state index in [1.165, 1.54) is 0 Å². The van der Waals surface area contributed by atoms with Gasteiger partial charge in [-0.15, -0.1) is 0 Å². The van der Waals surface area contributed by atoms with Crippen LogP contribution in [-0.2, 0) is 0 Å². The Bertz CT molecular complexity index is 585. The third-order valence-electron chi connectivity index (χ3n) is 3.74. The van der Waals surface area contributed by atoms with E-state index in [1.54, 1.807) is 0 Å². The van der Waals surface area contributed by atoms with Crippen LogP contribution in [0.2, 0.25) is 5.02 Å². The fraction of sp³-hybridized carbons (Fsp3) is 0.500. The largest absolute Gasteiger partial charge is 0.440 e. The number of hydrogen-bond donors (Lipinski definition) is 1. The molecule has 2 aromatic rings. The molecule has 96 valence electrons. The molecular formula is C14H17ClN2O. The Kier molecular flexibility index (Phi) is 3.04. The minimum Gasteiger partial charge on any atom is -0.440 e. The number of oxazole rings is 1. The smallest absolute Gasteiger partial charge is 0.198 e. The lowest BCUT2D eigenvalue weighted by Gasteiger charge is -2.19. The van der Waals surface area contributed by atoms with Gasteiger partial charge in [0.15, 0.2) is 11.5 Å². The summed E-state index contributed by atoms with van der Waals surface area (Å²) in [5, 5.41) is 4.16. The summed E-state index contributed by atoms with van der Waals surface area (Å²) >= 11 is 6.26. The zero-order chi connectivity index (χ0) is 12.7. The number of rotatable bonds is 1. The molecule has 1 aromatic heterocycles. The average molecular weight is 265 g/mol. The van der Waals surface area contributed by atoms with Crippen LogP contribution in [0.5, 0.6) is 0 Å². The molecular weight excluding hydrogens is 248 g/mol. The summed E-state index contributed by atoms with van der Waals surface area (Å²) in [6, 6.07) is 1.99. The Morgan fingerprint density at radius 3 is 2.78 bits per heavy atom. The number of benzene rings is 1. The van der Waals surface area contributed by atoms with Gasteiger partial charge < -0.3 is 9.73 Å². The Morgan fingerprint density at radius 1 is 1.33 bits per heavy atom. The van der Waals surface area contributed by atoms with Crippen molar-refractivity contribution in [2.75, 3.05) is 13.1 Å². The zero-order valence-electron chi connectivity index (χ0n) is 10.7. The van der Waals surface area contributed by atoms with Crippen LogP contribution in [0.4, 0.5) is 0 Å². The maximum absolute atomic E-state index is 6.26. The molecule has 2 heterocycles. The number of nitrogens with one attached hydrogen (secondary N) is 1. The van der Waals surface area contributed by atoms with Crippen molar-refractivity contribution in [2.24, 2.45) is 0 Å². The van der Waals surface area contributed by atoms with Crippen molar-refractivity contribution < 1.29 is 4.42 Å². The lowest BCUT2D eigenvalue weighted by Crippen LogP contribution is -2.26. The van der Waals surface area contributed by atoms with Crippen molar-refractivity contribution in [3.8, 4) is 0 Å². The first-order chi connectivity index (χ1) is 8.66. The van der Waals surface area contributed by atoms with E-state index in [4.69, 9.17) is 16.0 Å². The van der Waals surface area contributed by atoms with Crippen LogP contribution < -0.4 is 5.32 Å². The van der Waals surface area contributed by atoms with Gasteiger partial charge in [0.2, 0.25) is 0 Å². The molecule has 0 unspecified atom stereocenters. The van der Waals surface area contributed by atoms with E-state index < -0.39 is 0 Å². The second kappa shape index (κ2) is 4.56. The molecule has 0 atom stereocenters. The Hall–Kier alpha value is -1.06. The van der Waals surface area contributed by atoms with Gasteiger partial charge in [0.25, 0.3) is 0 Å². The minimum atomic E-state index is 0.442. The first kappa shape index (κ1) is 12.0. The highest BCUT2D eigenvalue weighted by atomic mass is 35.5. The van der Waals surface area contributed by atoms with Gasteiger partial charge in [0.1, 0.15) is 5.52 Å². The lowest BCUT2D eigenvalue weighted by molar-refractivity contribution is 0.385. The molecule has 1 aliphatic rings. The third kappa shape index (κ3) is 1.91. The summed E-state index contributed by atoms with van der Waals surface area (Å²) in [5.74, 6) is 1.31. The van der Waals surface area contributed by atoms with Crippen LogP contribution in [0.3, 0.4) is 0 Å². The summed E-state index contributed by atoms with van der Waals surface area (Å²) in [5.41, 5.74) is 3.85. The second-order valence-electron chi connectivity index (χ2n) is 5.06. The van der Waals surface area contributed by atoms with Gasteiger partial charge in [-0.25, -0.2) is 4.98 Å². The van der Waals surface area contributed by atoms with Crippen LogP contribution in [0.1, 0.15) is 35.8 Å². The zero-order valence-corrected chi connectivity index (χ0v) is 11.5. The molecule has 0 aliphatic carbocycles. The summed E-state index contributed by atoms with van der Waals surface area (Å²) in [6.45, 7) is 6.10. The standard InChI is InChI=1S/C14H17ClN2O/c1-8-7-11-13(9(2)12(8)15)17-14(18-11)10-3-5-16-6-4-10/h7,10,16H,3-6H2,1-2H3. The van der Waals surface area contributed by atoms with E-state index in [2.05, 4.69) is 10.3 Å². The Balaban J connectivity index is 2.07. The minimum absolute atomic E-state index is 0.442. The van der Waals surface area contributed by atoms with Crippen LogP contribution in [0.25, 0.3) is 11.1 Å². The van der Waals surface area contributed by atoms with Crippen molar-refractivity contribution in [1.29, 1.82) is 0 Å². The molecule has 1 fully saturated rings. The van der Waals surface area contributed by atoms with Gasteiger partial charge in [-0.05, 0) is 57.0 Å². The molecule has 3 rings (SSSR count). The third-order valence-corrected chi connectivity index (χ3v) is 4.32. The summed E-state index contributed by atoms with van der Waals surface area (Å²) in [7, 11) is 0. The van der Waals surface area contributed by atoms with Crippen LogP contribution in [0.15, 0.2) is 10.5 Å². The number of halogens is 1. The summed E-state index contributed by atoms with van der Waals surface area (Å²) < 4.78 is 5.93. The van der Waals surface area contributed by atoms with Gasteiger partial charge in [-0.1, -0.05) is 11.6 Å². The van der Waals surface area contributed by atoms with E-state index in [9.17, 15) is 0 Å². The predicted molar refractivity (Wildman–Crippen MR) is 73.3 cm³/mol. The Morgan fingerprint density at radius 2 is 2.06 bits per heavy atom. The first-order valence-corrected chi connectivity index (χ1v) is 6.81. The fourth-order valence-corrected chi connectivity index (χ4v) is 2.76. The van der Waals surface area contributed by atoms with Gasteiger partial charge in [-0.3, -0.25) is 0 Å². The Labute approximate surface area is 112 Å². The molecule has 0 spiro atoms. The number of aromatic nitrogens is 1. The molecule has 0 bridgehead atoms. The molecule has 0 amide bonds. The van der Waals surface area contributed by atoms with Crippen LogP contribution in [-0.4, -0.2) is 18.1 Å². The molecule has 0 saturated carbocycles. The monoisotopic (exact) mass is 264 g/mol. The van der Waals surface area contributed by atoms with Crippen molar-refractivity contribution in [3.05, 3.63) is 28.1 Å². The van der Waals surface area contributed by atoms with E-state index in [-0.39, 0.29) is 0 Å². The molecule has 18 heavy (non-hydrogen) atoms. The van der Waals surface area contributed by atoms with Crippen LogP contribution in [0, 0.1) is 13.8 Å². The quantitative estimate of drug-likeness (QED) is 0.856. The molecule has 4 heteroatoms. The average Bonchev–Trinajstić information content (AvgIpc) is 2.81. The van der Waals surface area contributed by atoms with Crippen molar-refractivity contribution >= 4 is 22.7 Å². The summed E-state index contributed by atoms with van der Waals surface area (Å²) in [4.78, 5) is 4.66. The highest BCUT2D eigenvalue weighted by molar-refractivity contribution is 6.33. The number of nitrogens with zero attached hydrogens (tertiary/aromatic N) is 1. The molecule has 1 N–H and O–H groups in total. The number of aryl methyl sites for hydroxylation is 2. The van der Waals surface area contributed by atoms with Gasteiger partial charge in [0, 0.05) is 10.9 Å². The van der Waals surface area contributed by atoms with E-state index >= 15 is 0 Å². The van der Waals surface area contributed by atoms with Crippen molar-refractivity contribution in [2.45, 2.75) is 32.6 Å². The SMILES string of the molecule is Cc1cc2oc(C3CCNCC3)nc2c(C)c1Cl. The van der Waals surface area contributed by atoms with Crippen molar-refractivity contribution in [1.82, 2.24) is 10.3 Å². The molecule has 1 aliphatic heterocycles. The summed E-state index contributed by atoms with van der Waals surface area (Å²) in [6.07, 6.45) is 2.19. The highest BCUT2D eigenvalue weighted by Crippen LogP contribution is 2.33. The normalized spacial score (nSPS) is 17.5. The van der Waals surface area contributed by atoms with Gasteiger partial charge in [0.05, 0.1) is 0 Å². The molecule has 1 saturated heterocycles. The number of hydrogen-bond acceptors (Lipinski definition) is 3. The maximum atomic E-state index is 6.26.